The van der Waals surface area contributed by atoms with Crippen molar-refractivity contribution in [2.24, 2.45) is 0 Å². The van der Waals surface area contributed by atoms with Crippen molar-refractivity contribution in [3.05, 3.63) is 70.0 Å². The monoisotopic (exact) mass is 423 g/mol. The Morgan fingerprint density at radius 1 is 1.17 bits per heavy atom. The molecule has 1 aliphatic rings. The molecule has 0 fully saturated rings. The summed E-state index contributed by atoms with van der Waals surface area (Å²) in [4.78, 5) is 6.82. The lowest BCUT2D eigenvalue weighted by Gasteiger charge is -2.30. The Morgan fingerprint density at radius 2 is 2.03 bits per heavy atom. The molecule has 9 heteroatoms. The van der Waals surface area contributed by atoms with E-state index in [9.17, 15) is 4.39 Å². The van der Waals surface area contributed by atoms with Crippen LogP contribution in [-0.4, -0.2) is 31.3 Å². The Bertz CT molecular complexity index is 1270. The summed E-state index contributed by atoms with van der Waals surface area (Å²) < 4.78 is 15.9. The lowest BCUT2D eigenvalue weighted by molar-refractivity contribution is 0.632. The molecule has 1 N–H and O–H groups in total. The third kappa shape index (κ3) is 3.23. The number of aryl methyl sites for hydroxylation is 1. The van der Waals surface area contributed by atoms with Crippen LogP contribution in [-0.2, 0) is 13.0 Å². The van der Waals surface area contributed by atoms with Crippen LogP contribution < -0.4 is 10.2 Å². The fourth-order valence-electron chi connectivity index (χ4n) is 3.78. The van der Waals surface area contributed by atoms with Gasteiger partial charge in [0, 0.05) is 41.4 Å². The van der Waals surface area contributed by atoms with E-state index in [4.69, 9.17) is 16.7 Å². The van der Waals surface area contributed by atoms with Crippen molar-refractivity contribution in [3.8, 4) is 0 Å². The normalized spacial score (nSPS) is 13.5. The van der Waals surface area contributed by atoms with Crippen LogP contribution in [0.3, 0.4) is 0 Å². The summed E-state index contributed by atoms with van der Waals surface area (Å²) in [6.45, 7) is 5.58. The highest BCUT2D eigenvalue weighted by molar-refractivity contribution is 6.30. The lowest BCUT2D eigenvalue weighted by Crippen LogP contribution is -2.32. The predicted octanol–water partition coefficient (Wildman–Crippen LogP) is 4.23. The summed E-state index contributed by atoms with van der Waals surface area (Å²) in [7, 11) is 0. The van der Waals surface area contributed by atoms with Gasteiger partial charge in [-0.25, -0.2) is 4.39 Å². The number of hydrogen-bond acceptors (Lipinski definition) is 6. The van der Waals surface area contributed by atoms with E-state index in [1.807, 2.05) is 13.0 Å². The lowest BCUT2D eigenvalue weighted by atomic mass is 10.0. The van der Waals surface area contributed by atoms with Crippen LogP contribution in [0.25, 0.3) is 5.65 Å². The van der Waals surface area contributed by atoms with Gasteiger partial charge < -0.3 is 10.2 Å². The minimum atomic E-state index is -0.403. The van der Waals surface area contributed by atoms with Crippen LogP contribution in [0, 0.1) is 19.7 Å². The Hall–Kier alpha value is -3.26. The van der Waals surface area contributed by atoms with Gasteiger partial charge in [-0.2, -0.15) is 4.52 Å². The number of halogens is 2. The topological polar surface area (TPSA) is 71.2 Å². The number of anilines is 3. The molecule has 0 radical (unpaired) electrons. The summed E-state index contributed by atoms with van der Waals surface area (Å²) in [6.07, 6.45) is 4.16. The Morgan fingerprint density at radius 3 is 2.87 bits per heavy atom. The molecule has 0 aliphatic carbocycles. The quantitative estimate of drug-likeness (QED) is 0.531. The first-order chi connectivity index (χ1) is 14.5. The molecule has 0 bridgehead atoms. The van der Waals surface area contributed by atoms with Gasteiger partial charge in [0.25, 0.3) is 0 Å². The molecule has 1 aliphatic heterocycles. The molecule has 5 rings (SSSR count). The molecule has 7 nitrogen and oxygen atoms in total. The zero-order chi connectivity index (χ0) is 20.8. The first-order valence-corrected chi connectivity index (χ1v) is 9.99. The molecule has 4 aromatic rings. The molecule has 0 saturated heterocycles. The summed E-state index contributed by atoms with van der Waals surface area (Å²) in [6, 6.07) is 6.57. The fourth-order valence-corrected chi connectivity index (χ4v) is 3.94. The second-order valence-corrected chi connectivity index (χ2v) is 7.86. The largest absolute Gasteiger partial charge is 0.352 e. The van der Waals surface area contributed by atoms with Gasteiger partial charge in [-0.15, -0.1) is 15.3 Å². The number of rotatable bonds is 3. The van der Waals surface area contributed by atoms with Gasteiger partial charge in [0.2, 0.25) is 0 Å². The van der Waals surface area contributed by atoms with Gasteiger partial charge in [0.15, 0.2) is 11.5 Å². The minimum Gasteiger partial charge on any atom is -0.352 e. The molecule has 3 aromatic heterocycles. The van der Waals surface area contributed by atoms with Crippen LogP contribution >= 0.6 is 11.6 Å². The maximum Gasteiger partial charge on any atom is 0.180 e. The Balaban J connectivity index is 1.45. The average Bonchev–Trinajstić information content (AvgIpc) is 3.21. The van der Waals surface area contributed by atoms with Crippen LogP contribution in [0.4, 0.5) is 21.6 Å². The SMILES string of the molecule is Cc1c(N2CCc3ncc(Nc4ccc(Cl)cc4F)cc3C2)nn2cnnc2c1C. The van der Waals surface area contributed by atoms with Crippen LogP contribution in [0.1, 0.15) is 22.4 Å². The maximum atomic E-state index is 14.1. The number of nitrogens with one attached hydrogen (secondary N) is 1. The molecule has 1 aromatic carbocycles. The van der Waals surface area contributed by atoms with E-state index in [1.54, 1.807) is 29.2 Å². The van der Waals surface area contributed by atoms with Crippen LogP contribution in [0.15, 0.2) is 36.8 Å². The third-order valence-electron chi connectivity index (χ3n) is 5.52. The van der Waals surface area contributed by atoms with E-state index in [0.29, 0.717) is 17.3 Å². The van der Waals surface area contributed by atoms with Crippen LogP contribution in [0.2, 0.25) is 5.02 Å². The van der Waals surface area contributed by atoms with Gasteiger partial charge in [-0.05, 0) is 43.7 Å². The van der Waals surface area contributed by atoms with Crippen molar-refractivity contribution in [2.45, 2.75) is 26.8 Å². The van der Waals surface area contributed by atoms with Crippen molar-refractivity contribution >= 4 is 34.4 Å². The van der Waals surface area contributed by atoms with E-state index in [-0.39, 0.29) is 0 Å². The third-order valence-corrected chi connectivity index (χ3v) is 5.75. The summed E-state index contributed by atoms with van der Waals surface area (Å²) in [5, 5.41) is 16.3. The van der Waals surface area contributed by atoms with Crippen LogP contribution in [0.5, 0.6) is 0 Å². The van der Waals surface area contributed by atoms with Gasteiger partial charge in [0.1, 0.15) is 12.1 Å². The Labute approximate surface area is 177 Å². The predicted molar refractivity (Wildman–Crippen MR) is 114 cm³/mol. The zero-order valence-corrected chi connectivity index (χ0v) is 17.3. The number of pyridine rings is 1. The van der Waals surface area contributed by atoms with Gasteiger partial charge in [-0.1, -0.05) is 11.6 Å². The first kappa shape index (κ1) is 18.7. The van der Waals surface area contributed by atoms with E-state index in [1.165, 1.54) is 6.07 Å². The van der Waals surface area contributed by atoms with E-state index in [2.05, 4.69) is 32.3 Å². The molecular formula is C21H19ClFN7. The highest BCUT2D eigenvalue weighted by atomic mass is 35.5. The first-order valence-electron chi connectivity index (χ1n) is 9.61. The van der Waals surface area contributed by atoms with Crippen molar-refractivity contribution < 1.29 is 4.39 Å². The molecule has 0 atom stereocenters. The Kier molecular flexibility index (Phi) is 4.51. The summed E-state index contributed by atoms with van der Waals surface area (Å²) in [5.41, 5.74) is 6.15. The van der Waals surface area contributed by atoms with Gasteiger partial charge >= 0.3 is 0 Å². The fraction of sp³-hybridized carbons (Fsp3) is 0.238. The number of fused-ring (bicyclic) bond motifs is 2. The number of aromatic nitrogens is 5. The molecule has 0 amide bonds. The standard InChI is InChI=1S/C21H19ClFN7/c1-12-13(2)21(28-30-11-25-27-20(12)30)29-6-5-18-14(10-29)7-16(9-24-18)26-19-4-3-15(22)8-17(19)23/h3-4,7-9,11,26H,5-6,10H2,1-2H3. The van der Waals surface area contributed by atoms with E-state index in [0.717, 1.165) is 52.5 Å². The van der Waals surface area contributed by atoms with Crippen molar-refractivity contribution in [1.29, 1.82) is 0 Å². The molecular weight excluding hydrogens is 405 g/mol. The average molecular weight is 424 g/mol. The minimum absolute atomic E-state index is 0.361. The number of hydrogen-bond donors (Lipinski definition) is 1. The number of nitrogens with zero attached hydrogens (tertiary/aromatic N) is 6. The van der Waals surface area contributed by atoms with E-state index >= 15 is 0 Å². The summed E-state index contributed by atoms with van der Waals surface area (Å²) in [5.74, 6) is 0.506. The smallest absolute Gasteiger partial charge is 0.180 e. The van der Waals surface area contributed by atoms with Crippen molar-refractivity contribution in [1.82, 2.24) is 24.8 Å². The molecule has 30 heavy (non-hydrogen) atoms. The van der Waals surface area contributed by atoms with E-state index < -0.39 is 5.82 Å². The summed E-state index contributed by atoms with van der Waals surface area (Å²) >= 11 is 5.84. The zero-order valence-electron chi connectivity index (χ0n) is 16.5. The molecule has 0 saturated carbocycles. The van der Waals surface area contributed by atoms with Crippen molar-refractivity contribution in [3.63, 3.8) is 0 Å². The second kappa shape index (κ2) is 7.21. The maximum absolute atomic E-state index is 14.1. The molecule has 4 heterocycles. The van der Waals surface area contributed by atoms with Gasteiger partial charge in [-0.3, -0.25) is 4.98 Å². The molecule has 0 spiro atoms. The van der Waals surface area contributed by atoms with Crippen molar-refractivity contribution in [2.75, 3.05) is 16.8 Å². The molecule has 152 valence electrons. The highest BCUT2D eigenvalue weighted by Gasteiger charge is 2.22. The number of benzene rings is 1. The highest BCUT2D eigenvalue weighted by Crippen LogP contribution is 2.29. The van der Waals surface area contributed by atoms with Gasteiger partial charge in [0.05, 0.1) is 17.6 Å². The molecule has 0 unspecified atom stereocenters. The second-order valence-electron chi connectivity index (χ2n) is 7.42.